The lowest BCUT2D eigenvalue weighted by Crippen LogP contribution is -2.34. The molecule has 1 aliphatic carbocycles. The molecule has 0 radical (unpaired) electrons. The first-order valence-corrected chi connectivity index (χ1v) is 8.72. The highest BCUT2D eigenvalue weighted by Gasteiger charge is 2.15. The number of nitrogens with one attached hydrogen (secondary N) is 2. The van der Waals surface area contributed by atoms with Gasteiger partial charge >= 0.3 is 0 Å². The monoisotopic (exact) mass is 349 g/mol. The number of nitrogens with zero attached hydrogens (tertiary/aromatic N) is 1. The smallest absolute Gasteiger partial charge is 0.269 e. The Balaban J connectivity index is 1.79. The average Bonchev–Trinajstić information content (AvgIpc) is 2.55. The molecule has 0 aromatic heterocycles. The van der Waals surface area contributed by atoms with Gasteiger partial charge in [0.15, 0.2) is 5.11 Å². The SMILES string of the molecule is Cc1cc([N+](=O)[O-])ccc1NC(=S)NC(=O)CCC1CCCCC1. The Hall–Kier alpha value is -2.02. The molecule has 0 aliphatic heterocycles. The minimum Gasteiger partial charge on any atom is -0.332 e. The molecule has 1 aromatic rings. The molecule has 1 saturated carbocycles. The molecule has 0 heterocycles. The van der Waals surface area contributed by atoms with Crippen molar-refractivity contribution in [3.63, 3.8) is 0 Å². The summed E-state index contributed by atoms with van der Waals surface area (Å²) in [6, 6.07) is 4.46. The third-order valence-corrected chi connectivity index (χ3v) is 4.63. The summed E-state index contributed by atoms with van der Waals surface area (Å²) in [5.41, 5.74) is 1.38. The molecular weight excluding hydrogens is 326 g/mol. The molecule has 0 atom stereocenters. The molecule has 7 heteroatoms. The van der Waals surface area contributed by atoms with Gasteiger partial charge in [-0.25, -0.2) is 0 Å². The quantitative estimate of drug-likeness (QED) is 0.475. The Kier molecular flexibility index (Phi) is 6.66. The van der Waals surface area contributed by atoms with Gasteiger partial charge in [-0.2, -0.15) is 0 Å². The van der Waals surface area contributed by atoms with Gasteiger partial charge in [0.2, 0.25) is 5.91 Å². The summed E-state index contributed by atoms with van der Waals surface area (Å²) in [5, 5.41) is 16.6. The van der Waals surface area contributed by atoms with Gasteiger partial charge in [-0.15, -0.1) is 0 Å². The van der Waals surface area contributed by atoms with E-state index in [1.165, 1.54) is 44.2 Å². The summed E-state index contributed by atoms with van der Waals surface area (Å²) in [5.74, 6) is 0.570. The van der Waals surface area contributed by atoms with Crippen LogP contribution >= 0.6 is 12.2 Å². The maximum absolute atomic E-state index is 12.0. The number of anilines is 1. The lowest BCUT2D eigenvalue weighted by molar-refractivity contribution is -0.384. The molecule has 1 fully saturated rings. The summed E-state index contributed by atoms with van der Waals surface area (Å²) in [4.78, 5) is 22.3. The third-order valence-electron chi connectivity index (χ3n) is 4.43. The minimum atomic E-state index is -0.442. The van der Waals surface area contributed by atoms with E-state index in [0.717, 1.165) is 6.42 Å². The van der Waals surface area contributed by atoms with Gasteiger partial charge in [0.05, 0.1) is 4.92 Å². The molecule has 1 aromatic carbocycles. The van der Waals surface area contributed by atoms with E-state index >= 15 is 0 Å². The summed E-state index contributed by atoms with van der Waals surface area (Å²) in [6.07, 6.45) is 7.68. The Morgan fingerprint density at radius 2 is 2.04 bits per heavy atom. The predicted octanol–water partition coefficient (Wildman–Crippen LogP) is 4.08. The number of carbonyl (C=O) groups is 1. The number of hydrogen-bond donors (Lipinski definition) is 2. The van der Waals surface area contributed by atoms with Crippen LogP contribution < -0.4 is 10.6 Å². The molecule has 0 spiro atoms. The first kappa shape index (κ1) is 18.3. The summed E-state index contributed by atoms with van der Waals surface area (Å²) < 4.78 is 0. The molecule has 2 N–H and O–H groups in total. The number of benzene rings is 1. The van der Waals surface area contributed by atoms with E-state index in [1.54, 1.807) is 13.0 Å². The number of nitro benzene ring substituents is 1. The van der Waals surface area contributed by atoms with Crippen LogP contribution in [0.5, 0.6) is 0 Å². The number of amides is 1. The molecule has 6 nitrogen and oxygen atoms in total. The fraction of sp³-hybridized carbons (Fsp3) is 0.529. The maximum atomic E-state index is 12.0. The second-order valence-corrected chi connectivity index (χ2v) is 6.71. The molecule has 0 bridgehead atoms. The lowest BCUT2D eigenvalue weighted by Gasteiger charge is -2.21. The van der Waals surface area contributed by atoms with Gasteiger partial charge in [0, 0.05) is 24.2 Å². The number of non-ortho nitro benzene ring substituents is 1. The van der Waals surface area contributed by atoms with Gasteiger partial charge in [0.1, 0.15) is 0 Å². The van der Waals surface area contributed by atoms with Crippen molar-refractivity contribution in [3.05, 3.63) is 33.9 Å². The van der Waals surface area contributed by atoms with Gasteiger partial charge in [-0.1, -0.05) is 32.1 Å². The third kappa shape index (κ3) is 5.56. The van der Waals surface area contributed by atoms with Gasteiger partial charge in [-0.05, 0) is 43.1 Å². The van der Waals surface area contributed by atoms with Gasteiger partial charge in [0.25, 0.3) is 5.69 Å². The van der Waals surface area contributed by atoms with Crippen molar-refractivity contribution < 1.29 is 9.72 Å². The van der Waals surface area contributed by atoms with Crippen molar-refractivity contribution in [3.8, 4) is 0 Å². The van der Waals surface area contributed by atoms with Crippen LogP contribution in [-0.4, -0.2) is 15.9 Å². The van der Waals surface area contributed by atoms with E-state index in [-0.39, 0.29) is 16.7 Å². The standard InChI is InChI=1S/C17H23N3O3S/c1-12-11-14(20(22)23)8-9-15(12)18-17(24)19-16(21)10-7-13-5-3-2-4-6-13/h8-9,11,13H,2-7,10H2,1H3,(H2,18,19,21,24). The van der Waals surface area contributed by atoms with Crippen LogP contribution in [0.2, 0.25) is 0 Å². The summed E-state index contributed by atoms with van der Waals surface area (Å²) in [7, 11) is 0. The molecule has 0 unspecified atom stereocenters. The first-order chi connectivity index (χ1) is 11.5. The molecule has 2 rings (SSSR count). The number of rotatable bonds is 5. The fourth-order valence-corrected chi connectivity index (χ4v) is 3.28. The van der Waals surface area contributed by atoms with Crippen molar-refractivity contribution >= 4 is 34.6 Å². The van der Waals surface area contributed by atoms with Crippen LogP contribution in [-0.2, 0) is 4.79 Å². The van der Waals surface area contributed by atoms with Gasteiger partial charge in [-0.3, -0.25) is 14.9 Å². The van der Waals surface area contributed by atoms with Crippen molar-refractivity contribution in [2.24, 2.45) is 5.92 Å². The van der Waals surface area contributed by atoms with E-state index in [0.29, 0.717) is 23.6 Å². The van der Waals surface area contributed by atoms with E-state index in [1.807, 2.05) is 0 Å². The fourth-order valence-electron chi connectivity index (χ4n) is 3.06. The lowest BCUT2D eigenvalue weighted by atomic mass is 9.86. The van der Waals surface area contributed by atoms with Crippen LogP contribution in [0, 0.1) is 23.0 Å². The topological polar surface area (TPSA) is 84.3 Å². The molecule has 130 valence electrons. The average molecular weight is 349 g/mol. The first-order valence-electron chi connectivity index (χ1n) is 8.31. The second-order valence-electron chi connectivity index (χ2n) is 6.30. The predicted molar refractivity (Wildman–Crippen MR) is 98.0 cm³/mol. The number of thiocarbonyl (C=S) groups is 1. The van der Waals surface area contributed by atoms with Gasteiger partial charge < -0.3 is 10.6 Å². The Labute approximate surface area is 147 Å². The highest BCUT2D eigenvalue weighted by molar-refractivity contribution is 7.80. The van der Waals surface area contributed by atoms with Crippen molar-refractivity contribution in [2.75, 3.05) is 5.32 Å². The minimum absolute atomic E-state index is 0.0282. The highest BCUT2D eigenvalue weighted by Crippen LogP contribution is 2.27. The maximum Gasteiger partial charge on any atom is 0.269 e. The number of carbonyl (C=O) groups excluding carboxylic acids is 1. The van der Waals surface area contributed by atoms with Crippen molar-refractivity contribution in [1.82, 2.24) is 5.32 Å². The zero-order valence-electron chi connectivity index (χ0n) is 13.8. The van der Waals surface area contributed by atoms with Crippen LogP contribution in [0.4, 0.5) is 11.4 Å². The van der Waals surface area contributed by atoms with E-state index < -0.39 is 4.92 Å². The second kappa shape index (κ2) is 8.73. The van der Waals surface area contributed by atoms with Crippen LogP contribution in [0.3, 0.4) is 0 Å². The Morgan fingerprint density at radius 1 is 1.33 bits per heavy atom. The van der Waals surface area contributed by atoms with Crippen molar-refractivity contribution in [2.45, 2.75) is 51.9 Å². The van der Waals surface area contributed by atoms with E-state index in [9.17, 15) is 14.9 Å². The molecule has 0 saturated heterocycles. The van der Waals surface area contributed by atoms with E-state index in [2.05, 4.69) is 10.6 Å². The molecule has 1 amide bonds. The number of hydrogen-bond acceptors (Lipinski definition) is 4. The Bertz CT molecular complexity index is 628. The zero-order chi connectivity index (χ0) is 17.5. The molecule has 24 heavy (non-hydrogen) atoms. The van der Waals surface area contributed by atoms with Crippen LogP contribution in [0.25, 0.3) is 0 Å². The molecular formula is C17H23N3O3S. The molecule has 1 aliphatic rings. The normalized spacial score (nSPS) is 14.9. The Morgan fingerprint density at radius 3 is 2.67 bits per heavy atom. The number of aryl methyl sites for hydroxylation is 1. The van der Waals surface area contributed by atoms with Crippen LogP contribution in [0.15, 0.2) is 18.2 Å². The summed E-state index contributed by atoms with van der Waals surface area (Å²) in [6.45, 7) is 1.75. The number of nitro groups is 1. The zero-order valence-corrected chi connectivity index (χ0v) is 14.7. The largest absolute Gasteiger partial charge is 0.332 e. The van der Waals surface area contributed by atoms with E-state index in [4.69, 9.17) is 12.2 Å². The summed E-state index contributed by atoms with van der Waals surface area (Å²) >= 11 is 5.15. The van der Waals surface area contributed by atoms with Crippen LogP contribution in [0.1, 0.15) is 50.5 Å². The van der Waals surface area contributed by atoms with Crippen molar-refractivity contribution in [1.29, 1.82) is 0 Å². The highest BCUT2D eigenvalue weighted by atomic mass is 32.1.